The molecule has 0 atom stereocenters. The van der Waals surface area contributed by atoms with E-state index in [1.165, 1.54) is 10.4 Å². The molecule has 1 N–H and O–H groups in total. The second-order valence-corrected chi connectivity index (χ2v) is 9.12. The third-order valence-electron chi connectivity index (χ3n) is 4.01. The van der Waals surface area contributed by atoms with Gasteiger partial charge in [0.25, 0.3) is 0 Å². The van der Waals surface area contributed by atoms with Crippen LogP contribution in [0.25, 0.3) is 0 Å². The summed E-state index contributed by atoms with van der Waals surface area (Å²) in [7, 11) is -3.52. The molecule has 0 aliphatic rings. The Kier molecular flexibility index (Phi) is 7.14. The molecular weight excluding hydrogens is 407 g/mol. The van der Waals surface area contributed by atoms with Gasteiger partial charge in [-0.2, -0.15) is 0 Å². The Morgan fingerprint density at radius 2 is 1.78 bits per heavy atom. The number of rotatable bonds is 7. The molecule has 2 aromatic rings. The molecule has 1 amide bonds. The number of hydrogen-bond donors (Lipinski definition) is 1. The molecule has 0 bridgehead atoms. The summed E-state index contributed by atoms with van der Waals surface area (Å²) < 4.78 is 25.5. The average molecular weight is 429 g/mol. The first-order chi connectivity index (χ1) is 12.6. The molecule has 0 spiro atoms. The second-order valence-electron chi connectivity index (χ2n) is 6.40. The summed E-state index contributed by atoms with van der Waals surface area (Å²) in [6, 6.07) is 10.4. The first kappa shape index (κ1) is 21.5. The van der Waals surface area contributed by atoms with Crippen LogP contribution in [0.2, 0.25) is 10.0 Å². The van der Waals surface area contributed by atoms with Crippen molar-refractivity contribution >= 4 is 50.5 Å². The molecule has 146 valence electrons. The van der Waals surface area contributed by atoms with Crippen LogP contribution >= 0.6 is 23.2 Å². The van der Waals surface area contributed by atoms with Crippen LogP contribution in [0.3, 0.4) is 0 Å². The van der Waals surface area contributed by atoms with E-state index in [2.05, 4.69) is 5.32 Å². The molecule has 5 nitrogen and oxygen atoms in total. The second kappa shape index (κ2) is 8.95. The lowest BCUT2D eigenvalue weighted by Gasteiger charge is -2.22. The highest BCUT2D eigenvalue weighted by molar-refractivity contribution is 7.92. The molecule has 2 rings (SSSR count). The lowest BCUT2D eigenvalue weighted by atomic mass is 10.1. The fourth-order valence-corrected chi connectivity index (χ4v) is 3.93. The average Bonchev–Trinajstić information content (AvgIpc) is 2.56. The van der Waals surface area contributed by atoms with Crippen LogP contribution in [0.15, 0.2) is 36.4 Å². The number of carbonyl (C=O) groups excluding carboxylic acids is 1. The minimum atomic E-state index is -3.52. The molecule has 0 aromatic heterocycles. The Morgan fingerprint density at radius 1 is 1.07 bits per heavy atom. The normalized spacial score (nSPS) is 11.3. The van der Waals surface area contributed by atoms with Crippen LogP contribution in [0.4, 0.5) is 11.4 Å². The van der Waals surface area contributed by atoms with Crippen molar-refractivity contribution in [2.24, 2.45) is 0 Å². The Bertz CT molecular complexity index is 946. The van der Waals surface area contributed by atoms with Gasteiger partial charge in [-0.15, -0.1) is 0 Å². The number of nitrogens with one attached hydrogen (secondary N) is 1. The highest BCUT2D eigenvalue weighted by Gasteiger charge is 2.18. The number of hydrogen-bond acceptors (Lipinski definition) is 3. The zero-order valence-corrected chi connectivity index (χ0v) is 17.7. The fraction of sp³-hybridized carbons (Fsp3) is 0.316. The zero-order valence-electron chi connectivity index (χ0n) is 15.4. The van der Waals surface area contributed by atoms with Gasteiger partial charge in [-0.1, -0.05) is 40.9 Å². The first-order valence-electron chi connectivity index (χ1n) is 8.38. The number of anilines is 2. The van der Waals surface area contributed by atoms with Crippen molar-refractivity contribution in [2.45, 2.75) is 26.7 Å². The number of amides is 1. The molecule has 0 heterocycles. The summed E-state index contributed by atoms with van der Waals surface area (Å²) in [5.74, 6) is -0.162. The summed E-state index contributed by atoms with van der Waals surface area (Å²) in [4.78, 5) is 12.2. The van der Waals surface area contributed by atoms with E-state index in [0.29, 0.717) is 17.1 Å². The Balaban J connectivity index is 2.01. The Morgan fingerprint density at radius 3 is 2.37 bits per heavy atom. The van der Waals surface area contributed by atoms with Crippen LogP contribution in [0.5, 0.6) is 0 Å². The van der Waals surface area contributed by atoms with Gasteiger partial charge >= 0.3 is 0 Å². The van der Waals surface area contributed by atoms with Crippen LogP contribution in [0.1, 0.15) is 24.0 Å². The van der Waals surface area contributed by atoms with E-state index in [1.807, 2.05) is 32.0 Å². The zero-order chi connectivity index (χ0) is 20.2. The smallest absolute Gasteiger partial charge is 0.232 e. The molecule has 0 unspecified atom stereocenters. The summed E-state index contributed by atoms with van der Waals surface area (Å²) in [5, 5.41) is 3.48. The van der Waals surface area contributed by atoms with Gasteiger partial charge in [0.2, 0.25) is 15.9 Å². The van der Waals surface area contributed by atoms with E-state index in [4.69, 9.17) is 23.2 Å². The van der Waals surface area contributed by atoms with Gasteiger partial charge in [0.1, 0.15) is 0 Å². The van der Waals surface area contributed by atoms with Gasteiger partial charge in [-0.3, -0.25) is 9.10 Å². The van der Waals surface area contributed by atoms with Crippen molar-refractivity contribution in [3.63, 3.8) is 0 Å². The van der Waals surface area contributed by atoms with E-state index >= 15 is 0 Å². The van der Waals surface area contributed by atoms with Crippen molar-refractivity contribution in [1.29, 1.82) is 0 Å². The van der Waals surface area contributed by atoms with Crippen LogP contribution in [-0.4, -0.2) is 27.1 Å². The van der Waals surface area contributed by atoms with Crippen molar-refractivity contribution in [2.75, 3.05) is 22.4 Å². The molecule has 0 aliphatic carbocycles. The summed E-state index contributed by atoms with van der Waals surface area (Å²) in [6.45, 7) is 4.08. The third-order valence-corrected chi connectivity index (χ3v) is 5.95. The Hall–Kier alpha value is -1.76. The van der Waals surface area contributed by atoms with Gasteiger partial charge < -0.3 is 5.32 Å². The minimum absolute atomic E-state index is 0.162. The van der Waals surface area contributed by atoms with Gasteiger partial charge in [0.15, 0.2) is 0 Å². The molecule has 0 radical (unpaired) electrons. The van der Waals surface area contributed by atoms with E-state index in [-0.39, 0.29) is 23.9 Å². The summed E-state index contributed by atoms with van der Waals surface area (Å²) in [6.07, 6.45) is 1.68. The van der Waals surface area contributed by atoms with Gasteiger partial charge in [0, 0.05) is 18.7 Å². The molecule has 27 heavy (non-hydrogen) atoms. The molecule has 0 saturated heterocycles. The van der Waals surface area contributed by atoms with E-state index < -0.39 is 10.0 Å². The fourth-order valence-electron chi connectivity index (χ4n) is 2.68. The number of nitrogens with zero attached hydrogens (tertiary/aromatic N) is 1. The first-order valence-corrected chi connectivity index (χ1v) is 11.0. The van der Waals surface area contributed by atoms with Gasteiger partial charge in [-0.25, -0.2) is 8.42 Å². The van der Waals surface area contributed by atoms with Crippen molar-refractivity contribution in [1.82, 2.24) is 0 Å². The minimum Gasteiger partial charge on any atom is -0.326 e. The maximum absolute atomic E-state index is 12.2. The predicted octanol–water partition coefficient (Wildman–Crippen LogP) is 4.80. The molecule has 0 saturated carbocycles. The number of halogens is 2. The lowest BCUT2D eigenvalue weighted by Crippen LogP contribution is -2.31. The van der Waals surface area contributed by atoms with Gasteiger partial charge in [-0.05, 0) is 50.1 Å². The predicted molar refractivity (Wildman–Crippen MR) is 112 cm³/mol. The number of benzene rings is 2. The van der Waals surface area contributed by atoms with Crippen molar-refractivity contribution in [3.05, 3.63) is 57.6 Å². The summed E-state index contributed by atoms with van der Waals surface area (Å²) in [5.41, 5.74) is 3.28. The maximum atomic E-state index is 12.2. The monoisotopic (exact) mass is 428 g/mol. The largest absolute Gasteiger partial charge is 0.326 e. The quantitative estimate of drug-likeness (QED) is 0.688. The highest BCUT2D eigenvalue weighted by atomic mass is 35.5. The molecule has 0 fully saturated rings. The number of carbonyl (C=O) groups is 1. The summed E-state index contributed by atoms with van der Waals surface area (Å²) >= 11 is 11.9. The van der Waals surface area contributed by atoms with Gasteiger partial charge in [0.05, 0.1) is 22.0 Å². The van der Waals surface area contributed by atoms with Crippen LogP contribution in [-0.2, 0) is 14.8 Å². The molecule has 2 aromatic carbocycles. The van der Waals surface area contributed by atoms with E-state index in [9.17, 15) is 13.2 Å². The molecule has 0 aliphatic heterocycles. The third kappa shape index (κ3) is 6.13. The van der Waals surface area contributed by atoms with E-state index in [1.54, 1.807) is 12.1 Å². The number of aryl methyl sites for hydroxylation is 2. The topological polar surface area (TPSA) is 66.5 Å². The Labute approximate surface area is 170 Å². The van der Waals surface area contributed by atoms with E-state index in [0.717, 1.165) is 23.1 Å². The SMILES string of the molecule is Cc1ccc(NC(=O)CCCN(c2ccc(Cl)c(Cl)c2)S(C)(=O)=O)c(C)c1. The number of sulfonamides is 1. The lowest BCUT2D eigenvalue weighted by molar-refractivity contribution is -0.116. The van der Waals surface area contributed by atoms with Crippen molar-refractivity contribution < 1.29 is 13.2 Å². The molecule has 8 heteroatoms. The van der Waals surface area contributed by atoms with Crippen LogP contribution < -0.4 is 9.62 Å². The molecular formula is C19H22Cl2N2O3S. The maximum Gasteiger partial charge on any atom is 0.232 e. The van der Waals surface area contributed by atoms with Crippen LogP contribution in [0, 0.1) is 13.8 Å². The standard InChI is InChI=1S/C19H22Cl2N2O3S/c1-13-6-9-18(14(2)11-13)22-19(24)5-4-10-23(27(3,25)26)15-7-8-16(20)17(21)12-15/h6-9,11-12H,4-5,10H2,1-3H3,(H,22,24). The van der Waals surface area contributed by atoms with Crippen molar-refractivity contribution in [3.8, 4) is 0 Å². The highest BCUT2D eigenvalue weighted by Crippen LogP contribution is 2.28.